The van der Waals surface area contributed by atoms with Crippen LogP contribution in [0.4, 0.5) is 0 Å². The average Bonchev–Trinajstić information content (AvgIpc) is 2.48. The van der Waals surface area contributed by atoms with E-state index in [0.29, 0.717) is 16.9 Å². The third kappa shape index (κ3) is 3.17. The van der Waals surface area contributed by atoms with E-state index in [1.165, 1.54) is 24.3 Å². The Hall–Kier alpha value is -2.66. The summed E-state index contributed by atoms with van der Waals surface area (Å²) in [7, 11) is 0. The van der Waals surface area contributed by atoms with E-state index in [0.717, 1.165) is 0 Å². The van der Waals surface area contributed by atoms with Crippen LogP contribution in [0.25, 0.3) is 0 Å². The molecular formula is C14H12N2O3. The highest BCUT2D eigenvalue weighted by molar-refractivity contribution is 5.94. The Morgan fingerprint density at radius 2 is 1.53 bits per heavy atom. The quantitative estimate of drug-likeness (QED) is 0.287. The molecular weight excluding hydrogens is 244 g/mol. The summed E-state index contributed by atoms with van der Waals surface area (Å²) in [5.41, 5.74) is 2.88. The van der Waals surface area contributed by atoms with Gasteiger partial charge in [0.15, 0.2) is 0 Å². The Balaban J connectivity index is 2.08. The standard InChI is InChI=1S/C14H12N2O3/c15-16-13(17)10-6-8-12(9-7-10)19-14(18)11-4-2-1-3-5-11/h1-9H,15H2,(H,16,17). The number of esters is 1. The average molecular weight is 256 g/mol. The fraction of sp³-hybridized carbons (Fsp3) is 0. The molecule has 0 fully saturated rings. The predicted octanol–water partition coefficient (Wildman–Crippen LogP) is 1.51. The van der Waals surface area contributed by atoms with Gasteiger partial charge in [-0.25, -0.2) is 10.6 Å². The SMILES string of the molecule is NNC(=O)c1ccc(OC(=O)c2ccccc2)cc1. The van der Waals surface area contributed by atoms with Crippen molar-refractivity contribution in [3.8, 4) is 5.75 Å². The van der Waals surface area contributed by atoms with Crippen LogP contribution in [0.3, 0.4) is 0 Å². The molecule has 0 radical (unpaired) electrons. The lowest BCUT2D eigenvalue weighted by molar-refractivity contribution is 0.0734. The van der Waals surface area contributed by atoms with Gasteiger partial charge in [-0.1, -0.05) is 18.2 Å². The van der Waals surface area contributed by atoms with Gasteiger partial charge < -0.3 is 4.74 Å². The maximum Gasteiger partial charge on any atom is 0.343 e. The first-order valence-electron chi connectivity index (χ1n) is 5.59. The van der Waals surface area contributed by atoms with Gasteiger partial charge in [-0.3, -0.25) is 10.2 Å². The summed E-state index contributed by atoms with van der Waals surface area (Å²) in [6, 6.07) is 14.8. The van der Waals surface area contributed by atoms with Crippen LogP contribution in [0.15, 0.2) is 54.6 Å². The molecule has 2 aromatic rings. The molecule has 0 bridgehead atoms. The zero-order valence-corrected chi connectivity index (χ0v) is 10.00. The smallest absolute Gasteiger partial charge is 0.343 e. The molecule has 0 aliphatic heterocycles. The number of carbonyl (C=O) groups excluding carboxylic acids is 2. The maximum absolute atomic E-state index is 11.8. The number of nitrogens with one attached hydrogen (secondary N) is 1. The number of hydrazine groups is 1. The van der Waals surface area contributed by atoms with Gasteiger partial charge in [-0.2, -0.15) is 0 Å². The second-order valence-electron chi connectivity index (χ2n) is 3.75. The molecule has 0 saturated carbocycles. The van der Waals surface area contributed by atoms with Crippen molar-refractivity contribution < 1.29 is 14.3 Å². The summed E-state index contributed by atoms with van der Waals surface area (Å²) < 4.78 is 5.17. The number of benzene rings is 2. The predicted molar refractivity (Wildman–Crippen MR) is 69.5 cm³/mol. The lowest BCUT2D eigenvalue weighted by atomic mass is 10.2. The van der Waals surface area contributed by atoms with Gasteiger partial charge in [-0.05, 0) is 36.4 Å². The molecule has 19 heavy (non-hydrogen) atoms. The summed E-state index contributed by atoms with van der Waals surface area (Å²) in [6.07, 6.45) is 0. The van der Waals surface area contributed by atoms with Crippen molar-refractivity contribution >= 4 is 11.9 Å². The topological polar surface area (TPSA) is 81.4 Å². The molecule has 0 atom stereocenters. The van der Waals surface area contributed by atoms with Gasteiger partial charge in [0.25, 0.3) is 5.91 Å². The summed E-state index contributed by atoms with van der Waals surface area (Å²) in [6.45, 7) is 0. The molecule has 0 aliphatic carbocycles. The molecule has 0 aromatic heterocycles. The van der Waals surface area contributed by atoms with E-state index in [2.05, 4.69) is 0 Å². The number of ether oxygens (including phenoxy) is 1. The largest absolute Gasteiger partial charge is 0.423 e. The molecule has 2 aromatic carbocycles. The number of rotatable bonds is 3. The highest BCUT2D eigenvalue weighted by Crippen LogP contribution is 2.14. The van der Waals surface area contributed by atoms with Crippen LogP contribution in [0, 0.1) is 0 Å². The monoisotopic (exact) mass is 256 g/mol. The number of carbonyl (C=O) groups is 2. The van der Waals surface area contributed by atoms with Crippen molar-refractivity contribution in [2.24, 2.45) is 5.84 Å². The van der Waals surface area contributed by atoms with Crippen molar-refractivity contribution in [3.63, 3.8) is 0 Å². The molecule has 0 saturated heterocycles. The summed E-state index contributed by atoms with van der Waals surface area (Å²) >= 11 is 0. The van der Waals surface area contributed by atoms with Crippen molar-refractivity contribution in [2.45, 2.75) is 0 Å². The lowest BCUT2D eigenvalue weighted by Gasteiger charge is -2.05. The molecule has 1 amide bonds. The minimum atomic E-state index is -0.448. The van der Waals surface area contributed by atoms with Crippen molar-refractivity contribution in [3.05, 3.63) is 65.7 Å². The molecule has 2 rings (SSSR count). The minimum Gasteiger partial charge on any atom is -0.423 e. The third-order valence-corrected chi connectivity index (χ3v) is 2.47. The highest BCUT2D eigenvalue weighted by Gasteiger charge is 2.08. The second-order valence-corrected chi connectivity index (χ2v) is 3.75. The zero-order chi connectivity index (χ0) is 13.7. The van der Waals surface area contributed by atoms with Crippen LogP contribution in [0.2, 0.25) is 0 Å². The third-order valence-electron chi connectivity index (χ3n) is 2.47. The lowest BCUT2D eigenvalue weighted by Crippen LogP contribution is -2.29. The first-order chi connectivity index (χ1) is 9.20. The van der Waals surface area contributed by atoms with Gasteiger partial charge in [0.05, 0.1) is 5.56 Å². The fourth-order valence-corrected chi connectivity index (χ4v) is 1.50. The van der Waals surface area contributed by atoms with Crippen LogP contribution < -0.4 is 16.0 Å². The van der Waals surface area contributed by atoms with Gasteiger partial charge in [0.2, 0.25) is 0 Å². The molecule has 0 unspecified atom stereocenters. The Kier molecular flexibility index (Phi) is 3.90. The molecule has 0 heterocycles. The maximum atomic E-state index is 11.8. The first-order valence-corrected chi connectivity index (χ1v) is 5.59. The normalized spacial score (nSPS) is 9.74. The number of amides is 1. The van der Waals surface area contributed by atoms with Gasteiger partial charge in [0, 0.05) is 5.56 Å². The summed E-state index contributed by atoms with van der Waals surface area (Å²) in [5, 5.41) is 0. The van der Waals surface area contributed by atoms with Gasteiger partial charge in [-0.15, -0.1) is 0 Å². The van der Waals surface area contributed by atoms with Crippen molar-refractivity contribution in [2.75, 3.05) is 0 Å². The van der Waals surface area contributed by atoms with E-state index in [1.807, 2.05) is 11.5 Å². The van der Waals surface area contributed by atoms with E-state index >= 15 is 0 Å². The Bertz CT molecular complexity index is 579. The van der Waals surface area contributed by atoms with E-state index in [-0.39, 0.29) is 0 Å². The molecule has 0 aliphatic rings. The highest BCUT2D eigenvalue weighted by atomic mass is 16.5. The summed E-state index contributed by atoms with van der Waals surface area (Å²) in [5.74, 6) is 4.53. The van der Waals surface area contributed by atoms with Crippen LogP contribution in [-0.4, -0.2) is 11.9 Å². The summed E-state index contributed by atoms with van der Waals surface area (Å²) in [4.78, 5) is 23.0. The molecule has 96 valence electrons. The molecule has 0 spiro atoms. The number of hydrogen-bond acceptors (Lipinski definition) is 4. The van der Waals surface area contributed by atoms with E-state index in [4.69, 9.17) is 10.6 Å². The molecule has 3 N–H and O–H groups in total. The van der Waals surface area contributed by atoms with Crippen LogP contribution in [0.5, 0.6) is 5.75 Å². The van der Waals surface area contributed by atoms with E-state index < -0.39 is 11.9 Å². The van der Waals surface area contributed by atoms with Crippen LogP contribution in [0.1, 0.15) is 20.7 Å². The van der Waals surface area contributed by atoms with Crippen LogP contribution in [-0.2, 0) is 0 Å². The Morgan fingerprint density at radius 3 is 2.11 bits per heavy atom. The Labute approximate surface area is 110 Å². The zero-order valence-electron chi connectivity index (χ0n) is 10.00. The minimum absolute atomic E-state index is 0.363. The van der Waals surface area contributed by atoms with Crippen molar-refractivity contribution in [1.82, 2.24) is 5.43 Å². The second kappa shape index (κ2) is 5.79. The van der Waals surface area contributed by atoms with Crippen LogP contribution >= 0.6 is 0 Å². The van der Waals surface area contributed by atoms with E-state index in [9.17, 15) is 9.59 Å². The number of nitrogen functional groups attached to an aromatic ring is 1. The Morgan fingerprint density at radius 1 is 0.895 bits per heavy atom. The van der Waals surface area contributed by atoms with E-state index in [1.54, 1.807) is 24.3 Å². The fourth-order valence-electron chi connectivity index (χ4n) is 1.50. The molecule has 5 nitrogen and oxygen atoms in total. The first kappa shape index (κ1) is 12.8. The molecule has 5 heteroatoms. The van der Waals surface area contributed by atoms with Gasteiger partial charge in [0.1, 0.15) is 5.75 Å². The number of nitrogens with two attached hydrogens (primary N) is 1. The van der Waals surface area contributed by atoms with Crippen molar-refractivity contribution in [1.29, 1.82) is 0 Å². The number of hydrogen-bond donors (Lipinski definition) is 2. The van der Waals surface area contributed by atoms with Gasteiger partial charge >= 0.3 is 5.97 Å².